The molecule has 338 valence electrons. The summed E-state index contributed by atoms with van der Waals surface area (Å²) in [6.07, 6.45) is -2.48. The average molecular weight is 917 g/mol. The number of rotatable bonds is 11. The normalized spacial score (nSPS) is 16.8. The van der Waals surface area contributed by atoms with Gasteiger partial charge in [-0.05, 0) is 76.7 Å². The third-order valence-electron chi connectivity index (χ3n) is 10.9. The number of aromatic hydroxyl groups is 4. The first-order valence-electron chi connectivity index (χ1n) is 20.6. The molecule has 2 heterocycles. The van der Waals surface area contributed by atoms with E-state index in [0.717, 1.165) is 44.9 Å². The smallest absolute Gasteiger partial charge is 0.162 e. The van der Waals surface area contributed by atoms with Crippen LogP contribution < -0.4 is 23.7 Å². The van der Waals surface area contributed by atoms with Crippen molar-refractivity contribution in [2.45, 2.75) is 64.0 Å². The van der Waals surface area contributed by atoms with E-state index in [1.807, 2.05) is 128 Å². The van der Waals surface area contributed by atoms with Crippen LogP contribution in [0.4, 0.5) is 0 Å². The first kappa shape index (κ1) is 47.8. The molecule has 0 fully saturated rings. The Labute approximate surface area is 391 Å². The Morgan fingerprint density at radius 1 is 0.462 bits per heavy atom. The second-order valence-electron chi connectivity index (χ2n) is 15.6. The van der Waals surface area contributed by atoms with E-state index in [2.05, 4.69) is 0 Å². The molecule has 7 aromatic carbocycles. The Bertz CT molecular complexity index is 2650. The maximum atomic E-state index is 11.3. The van der Waals surface area contributed by atoms with E-state index in [1.165, 1.54) is 30.3 Å². The molecule has 0 unspecified atom stereocenters. The molecule has 0 aliphatic carbocycles. The highest BCUT2D eigenvalue weighted by Gasteiger charge is 2.34. The van der Waals surface area contributed by atoms with Crippen LogP contribution in [-0.4, -0.2) is 42.8 Å². The minimum atomic E-state index is -0.933. The molecule has 0 radical (unpaired) electrons. The summed E-state index contributed by atoms with van der Waals surface area (Å²) in [5, 5.41) is 59.6. The largest absolute Gasteiger partial charge is 0.508 e. The Balaban J connectivity index is 0.000000257. The van der Waals surface area contributed by atoms with Crippen LogP contribution in [0, 0.1) is 6.92 Å². The zero-order chi connectivity index (χ0) is 43.9. The fourth-order valence-corrected chi connectivity index (χ4v) is 7.61. The van der Waals surface area contributed by atoms with Crippen LogP contribution in [0.5, 0.6) is 51.7 Å². The van der Waals surface area contributed by atoms with E-state index < -0.39 is 24.4 Å². The summed E-state index contributed by atoms with van der Waals surface area (Å²) in [4.78, 5) is 0. The second-order valence-corrected chi connectivity index (χ2v) is 15.6. The summed E-state index contributed by atoms with van der Waals surface area (Å²) in [7, 11) is 0. The van der Waals surface area contributed by atoms with Gasteiger partial charge in [0.25, 0.3) is 0 Å². The third kappa shape index (κ3) is 11.7. The number of fused-ring (bicyclic) bond motifs is 2. The lowest BCUT2D eigenvalue weighted by Gasteiger charge is -2.32. The van der Waals surface area contributed by atoms with Gasteiger partial charge in [-0.25, -0.2) is 0 Å². The van der Waals surface area contributed by atoms with Gasteiger partial charge in [0, 0.05) is 36.1 Å². The minimum Gasteiger partial charge on any atom is -0.508 e. The highest BCUT2D eigenvalue weighted by molar-refractivity contribution is 7.59. The predicted octanol–water partition coefficient (Wildman–Crippen LogP) is 9.54. The van der Waals surface area contributed by atoms with Gasteiger partial charge in [0.15, 0.2) is 23.0 Å². The van der Waals surface area contributed by atoms with Crippen LogP contribution in [0.25, 0.3) is 0 Å². The summed E-state index contributed by atoms with van der Waals surface area (Å²) < 4.78 is 30.8. The molecular formula is C52H52O11S2. The molecular weight excluding hydrogens is 865 g/mol. The van der Waals surface area contributed by atoms with Crippen LogP contribution >= 0.6 is 27.0 Å². The molecule has 13 heteroatoms. The second kappa shape index (κ2) is 21.8. The van der Waals surface area contributed by atoms with Gasteiger partial charge < -0.3 is 54.3 Å². The van der Waals surface area contributed by atoms with E-state index in [9.17, 15) is 30.6 Å². The standard InChI is InChI=1S/C37H34O5.C15H14O6.2H2S/c1-26-19-34(40-24-28-13-7-3-8-14-28)31-22-32(38)37(42-35(31)20-26)30-17-18-33(39-23-27-11-5-2-6-12-27)36(21-30)41-25-29-15-9-4-10-16-29;16-8-4-11(18)9-6-13(20)15(21-14(9)5-8)7-1-2-10(17)12(19)3-7;;/h2-21,32,37-38H,22-25H2,1H3;1-5,13,15-20H,6H2;2*1H2/t32-,37-;13-,15-;;/m00../s1. The Kier molecular flexibility index (Phi) is 16.1. The highest BCUT2D eigenvalue weighted by Crippen LogP contribution is 2.44. The SMILES string of the molecule is Cc1cc(OCc2ccccc2)c2c(c1)O[C@@H](c1ccc(OCc3ccccc3)c(OCc3ccccc3)c1)[C@@H](O)C2.Oc1cc(O)c2c(c1)O[C@@H](c1ccc(O)c(O)c1)[C@@H](O)C2.S.S. The lowest BCUT2D eigenvalue weighted by Crippen LogP contribution is -2.30. The zero-order valence-corrected chi connectivity index (χ0v) is 37.5. The number of phenols is 4. The molecule has 6 N–H and O–H groups in total. The molecule has 65 heavy (non-hydrogen) atoms. The molecule has 7 aromatic rings. The first-order chi connectivity index (χ1) is 30.6. The lowest BCUT2D eigenvalue weighted by molar-refractivity contribution is 0.0194. The quantitative estimate of drug-likeness (QED) is 0.0684. The van der Waals surface area contributed by atoms with Crippen molar-refractivity contribution in [2.24, 2.45) is 0 Å². The summed E-state index contributed by atoms with van der Waals surface area (Å²) in [6, 6.07) is 46.6. The van der Waals surface area contributed by atoms with Crippen molar-refractivity contribution in [1.29, 1.82) is 0 Å². The maximum Gasteiger partial charge on any atom is 0.162 e. The van der Waals surface area contributed by atoms with Crippen LogP contribution in [0.15, 0.2) is 152 Å². The lowest BCUT2D eigenvalue weighted by atomic mass is 9.93. The van der Waals surface area contributed by atoms with Crippen molar-refractivity contribution in [3.05, 3.63) is 196 Å². The van der Waals surface area contributed by atoms with Gasteiger partial charge in [0.05, 0.1) is 12.2 Å². The number of aryl methyl sites for hydroxylation is 1. The Morgan fingerprint density at radius 2 is 0.938 bits per heavy atom. The Hall–Kier alpha value is -6.64. The van der Waals surface area contributed by atoms with Crippen LogP contribution in [-0.2, 0) is 32.7 Å². The van der Waals surface area contributed by atoms with Crippen molar-refractivity contribution in [2.75, 3.05) is 0 Å². The number of aliphatic hydroxyl groups is 2. The van der Waals surface area contributed by atoms with Crippen molar-refractivity contribution in [1.82, 2.24) is 0 Å². The third-order valence-corrected chi connectivity index (χ3v) is 10.9. The summed E-state index contributed by atoms with van der Waals surface area (Å²) in [5.41, 5.74) is 6.83. The number of phenolic OH excluding ortho intramolecular Hbond substituents is 4. The molecule has 2 aliphatic rings. The van der Waals surface area contributed by atoms with Crippen molar-refractivity contribution in [3.63, 3.8) is 0 Å². The van der Waals surface area contributed by atoms with Crippen molar-refractivity contribution in [3.8, 4) is 51.7 Å². The summed E-state index contributed by atoms with van der Waals surface area (Å²) in [6.45, 7) is 3.28. The van der Waals surface area contributed by atoms with Gasteiger partial charge >= 0.3 is 0 Å². The molecule has 0 bridgehead atoms. The van der Waals surface area contributed by atoms with E-state index in [4.69, 9.17) is 23.7 Å². The number of aliphatic hydroxyl groups excluding tert-OH is 2. The van der Waals surface area contributed by atoms with Crippen LogP contribution in [0.2, 0.25) is 0 Å². The van der Waals surface area contributed by atoms with Gasteiger partial charge in [-0.1, -0.05) is 103 Å². The summed E-state index contributed by atoms with van der Waals surface area (Å²) >= 11 is 0. The number of hydrogen-bond donors (Lipinski definition) is 6. The van der Waals surface area contributed by atoms with Gasteiger partial charge in [-0.15, -0.1) is 0 Å². The van der Waals surface area contributed by atoms with Crippen molar-refractivity contribution >= 4 is 27.0 Å². The number of ether oxygens (including phenoxy) is 5. The van der Waals surface area contributed by atoms with E-state index in [1.54, 1.807) is 0 Å². The molecule has 0 spiro atoms. The minimum absolute atomic E-state index is 0. The van der Waals surface area contributed by atoms with Gasteiger partial charge in [0.2, 0.25) is 0 Å². The first-order valence-corrected chi connectivity index (χ1v) is 20.6. The Morgan fingerprint density at radius 3 is 1.49 bits per heavy atom. The molecule has 2 aliphatic heterocycles. The van der Waals surface area contributed by atoms with Crippen LogP contribution in [0.1, 0.15) is 56.7 Å². The van der Waals surface area contributed by atoms with Crippen LogP contribution in [0.3, 0.4) is 0 Å². The fraction of sp³-hybridized carbons (Fsp3) is 0.192. The van der Waals surface area contributed by atoms with E-state index in [0.29, 0.717) is 48.9 Å². The zero-order valence-electron chi connectivity index (χ0n) is 35.5. The molecule has 0 aromatic heterocycles. The molecule has 9 rings (SSSR count). The molecule has 0 saturated heterocycles. The van der Waals surface area contributed by atoms with Gasteiger partial charge in [-0.3, -0.25) is 0 Å². The van der Waals surface area contributed by atoms with Gasteiger partial charge in [0.1, 0.15) is 60.8 Å². The average Bonchev–Trinajstić information content (AvgIpc) is 3.29. The van der Waals surface area contributed by atoms with E-state index in [-0.39, 0.29) is 62.2 Å². The van der Waals surface area contributed by atoms with E-state index >= 15 is 0 Å². The van der Waals surface area contributed by atoms with Crippen molar-refractivity contribution < 1.29 is 54.3 Å². The predicted molar refractivity (Wildman–Crippen MR) is 256 cm³/mol. The summed E-state index contributed by atoms with van der Waals surface area (Å²) in [5.74, 6) is 2.11. The molecule has 11 nitrogen and oxygen atoms in total. The highest BCUT2D eigenvalue weighted by atomic mass is 32.1. The molecule has 0 saturated carbocycles. The number of benzene rings is 7. The monoisotopic (exact) mass is 916 g/mol. The maximum absolute atomic E-state index is 11.3. The van der Waals surface area contributed by atoms with Gasteiger partial charge in [-0.2, -0.15) is 27.0 Å². The molecule has 4 atom stereocenters. The topological polar surface area (TPSA) is 168 Å². The fourth-order valence-electron chi connectivity index (χ4n) is 7.61. The number of hydrogen-bond acceptors (Lipinski definition) is 11. The molecule has 0 amide bonds.